The van der Waals surface area contributed by atoms with Crippen molar-refractivity contribution in [2.24, 2.45) is 5.73 Å². The molecule has 0 radical (unpaired) electrons. The van der Waals surface area contributed by atoms with E-state index in [0.717, 1.165) is 12.8 Å². The van der Waals surface area contributed by atoms with Gasteiger partial charge in [-0.15, -0.1) is 0 Å². The maximum Gasteiger partial charge on any atom is 0.372 e. The van der Waals surface area contributed by atoms with Gasteiger partial charge in [0.25, 0.3) is 4.96 Å². The Morgan fingerprint density at radius 1 is 1.58 bits per heavy atom. The van der Waals surface area contributed by atoms with Crippen molar-refractivity contribution < 1.29 is 4.92 Å². The fourth-order valence-corrected chi connectivity index (χ4v) is 2.76. The Bertz CT molecular complexity index is 579. The number of rotatable bonds is 6. The van der Waals surface area contributed by atoms with Crippen molar-refractivity contribution in [2.75, 3.05) is 11.9 Å². The van der Waals surface area contributed by atoms with E-state index in [1.165, 1.54) is 15.7 Å². The molecule has 0 saturated heterocycles. The molecule has 0 atom stereocenters. The molecule has 0 aliphatic heterocycles. The van der Waals surface area contributed by atoms with E-state index in [1.807, 2.05) is 13.8 Å². The van der Waals surface area contributed by atoms with Crippen molar-refractivity contribution in [1.29, 1.82) is 0 Å². The van der Waals surface area contributed by atoms with E-state index in [2.05, 4.69) is 10.3 Å². The molecule has 8 heteroatoms. The Balaban J connectivity index is 2.47. The van der Waals surface area contributed by atoms with E-state index in [4.69, 9.17) is 5.73 Å². The van der Waals surface area contributed by atoms with E-state index < -0.39 is 4.92 Å². The minimum atomic E-state index is -0.415. The molecule has 104 valence electrons. The molecular weight excluding hydrogens is 266 g/mol. The Kier molecular flexibility index (Phi) is 3.72. The molecule has 0 saturated carbocycles. The maximum atomic E-state index is 11.2. The quantitative estimate of drug-likeness (QED) is 0.625. The first-order valence-corrected chi connectivity index (χ1v) is 7.03. The van der Waals surface area contributed by atoms with Gasteiger partial charge in [-0.2, -0.15) is 9.38 Å². The molecule has 0 amide bonds. The average molecular weight is 283 g/mol. The number of anilines is 1. The molecule has 0 unspecified atom stereocenters. The monoisotopic (exact) mass is 283 g/mol. The van der Waals surface area contributed by atoms with E-state index in [0.29, 0.717) is 17.3 Å². The summed E-state index contributed by atoms with van der Waals surface area (Å²) in [7, 11) is 0. The molecule has 2 rings (SSSR count). The van der Waals surface area contributed by atoms with Crippen molar-refractivity contribution in [3.63, 3.8) is 0 Å². The Morgan fingerprint density at radius 2 is 2.26 bits per heavy atom. The number of aromatic nitrogens is 2. The average Bonchev–Trinajstić information content (AvgIpc) is 2.95. The number of nitrogens with two attached hydrogens (primary N) is 1. The van der Waals surface area contributed by atoms with Crippen LogP contribution in [0.15, 0.2) is 11.6 Å². The van der Waals surface area contributed by atoms with Crippen LogP contribution in [-0.2, 0) is 0 Å². The number of hydrogen-bond donors (Lipinski definition) is 2. The summed E-state index contributed by atoms with van der Waals surface area (Å²) in [4.78, 5) is 15.7. The van der Waals surface area contributed by atoms with Gasteiger partial charge in [-0.25, -0.2) is 0 Å². The lowest BCUT2D eigenvalue weighted by atomic mass is 9.93. The van der Waals surface area contributed by atoms with Gasteiger partial charge in [0.1, 0.15) is 6.20 Å². The Morgan fingerprint density at radius 3 is 2.79 bits per heavy atom. The SMILES string of the molecule is CCC(CC)(CN)Nc1nc2sccn2c1[N+](=O)[O-]. The van der Waals surface area contributed by atoms with Crippen LogP contribution in [0.2, 0.25) is 0 Å². The first-order chi connectivity index (χ1) is 9.06. The first kappa shape index (κ1) is 13.8. The number of thiazole rings is 1. The number of imidazole rings is 1. The molecule has 0 fully saturated rings. The number of fused-ring (bicyclic) bond motifs is 1. The predicted molar refractivity (Wildman–Crippen MR) is 75.7 cm³/mol. The summed E-state index contributed by atoms with van der Waals surface area (Å²) in [6.07, 6.45) is 3.21. The zero-order valence-electron chi connectivity index (χ0n) is 10.9. The van der Waals surface area contributed by atoms with Crippen molar-refractivity contribution >= 4 is 27.9 Å². The molecule has 3 N–H and O–H groups in total. The van der Waals surface area contributed by atoms with E-state index in [1.54, 1.807) is 11.6 Å². The van der Waals surface area contributed by atoms with Crippen LogP contribution in [-0.4, -0.2) is 26.4 Å². The molecule has 0 bridgehead atoms. The highest BCUT2D eigenvalue weighted by molar-refractivity contribution is 7.15. The molecule has 0 aromatic carbocycles. The zero-order valence-corrected chi connectivity index (χ0v) is 11.7. The summed E-state index contributed by atoms with van der Waals surface area (Å²) >= 11 is 1.36. The second-order valence-corrected chi connectivity index (χ2v) is 5.29. The van der Waals surface area contributed by atoms with Gasteiger partial charge in [0.2, 0.25) is 5.82 Å². The van der Waals surface area contributed by atoms with Crippen LogP contribution in [0.3, 0.4) is 0 Å². The Labute approximate surface area is 114 Å². The molecular formula is C11H17N5O2S. The number of nitrogens with one attached hydrogen (secondary N) is 1. The molecule has 0 spiro atoms. The summed E-state index contributed by atoms with van der Waals surface area (Å²) in [5.74, 6) is 0.266. The standard InChI is InChI=1S/C11H17N5O2S/c1-3-11(4-2,7-12)14-8-9(16(17)18)15-5-6-19-10(15)13-8/h5-6,14H,3-4,7,12H2,1-2H3. The molecule has 2 aromatic heterocycles. The van der Waals surface area contributed by atoms with Crippen LogP contribution < -0.4 is 11.1 Å². The third kappa shape index (κ3) is 2.28. The summed E-state index contributed by atoms with van der Waals surface area (Å²) in [6, 6.07) is 0. The summed E-state index contributed by atoms with van der Waals surface area (Å²) in [5.41, 5.74) is 5.46. The van der Waals surface area contributed by atoms with Gasteiger partial charge in [0.05, 0.1) is 5.54 Å². The number of hydrogen-bond acceptors (Lipinski definition) is 6. The van der Waals surface area contributed by atoms with Gasteiger partial charge in [-0.3, -0.25) is 0 Å². The molecule has 0 aliphatic carbocycles. The van der Waals surface area contributed by atoms with E-state index in [-0.39, 0.29) is 11.4 Å². The lowest BCUT2D eigenvalue weighted by molar-refractivity contribution is -0.389. The summed E-state index contributed by atoms with van der Waals surface area (Å²) in [6.45, 7) is 4.42. The van der Waals surface area contributed by atoms with Crippen LogP contribution in [0.1, 0.15) is 26.7 Å². The van der Waals surface area contributed by atoms with Gasteiger partial charge in [0.15, 0.2) is 0 Å². The van der Waals surface area contributed by atoms with Crippen LogP contribution in [0.4, 0.5) is 11.6 Å². The second-order valence-electron chi connectivity index (χ2n) is 4.41. The fraction of sp³-hybridized carbons (Fsp3) is 0.545. The zero-order chi connectivity index (χ0) is 14.0. The van der Waals surface area contributed by atoms with Crippen molar-refractivity contribution in [1.82, 2.24) is 9.38 Å². The highest BCUT2D eigenvalue weighted by Crippen LogP contribution is 2.31. The number of nitrogens with zero attached hydrogens (tertiary/aromatic N) is 3. The highest BCUT2D eigenvalue weighted by Gasteiger charge is 2.31. The minimum absolute atomic E-state index is 0.0315. The third-order valence-corrected chi connectivity index (χ3v) is 4.29. The van der Waals surface area contributed by atoms with Crippen molar-refractivity contribution in [2.45, 2.75) is 32.2 Å². The first-order valence-electron chi connectivity index (χ1n) is 6.15. The lowest BCUT2D eigenvalue weighted by Crippen LogP contribution is -2.44. The fourth-order valence-electron chi connectivity index (χ4n) is 2.05. The molecule has 19 heavy (non-hydrogen) atoms. The predicted octanol–water partition coefficient (Wildman–Crippen LogP) is 2.23. The van der Waals surface area contributed by atoms with Gasteiger partial charge >= 0.3 is 5.82 Å². The van der Waals surface area contributed by atoms with Gasteiger partial charge in [-0.05, 0) is 17.8 Å². The summed E-state index contributed by atoms with van der Waals surface area (Å²) in [5, 5.41) is 16.2. The second kappa shape index (κ2) is 5.14. The van der Waals surface area contributed by atoms with E-state index in [9.17, 15) is 10.1 Å². The smallest absolute Gasteiger partial charge is 0.358 e. The normalized spacial score (nSPS) is 11.9. The van der Waals surface area contributed by atoms with Crippen LogP contribution in [0, 0.1) is 10.1 Å². The Hall–Kier alpha value is -1.67. The molecule has 7 nitrogen and oxygen atoms in total. The molecule has 0 aliphatic rings. The van der Waals surface area contributed by atoms with Crippen molar-refractivity contribution in [3.05, 3.63) is 21.7 Å². The van der Waals surface area contributed by atoms with E-state index >= 15 is 0 Å². The lowest BCUT2D eigenvalue weighted by Gasteiger charge is -2.31. The van der Waals surface area contributed by atoms with Crippen LogP contribution in [0.5, 0.6) is 0 Å². The molecule has 2 heterocycles. The molecule has 2 aromatic rings. The maximum absolute atomic E-state index is 11.2. The van der Waals surface area contributed by atoms with Gasteiger partial charge in [-0.1, -0.05) is 25.2 Å². The van der Waals surface area contributed by atoms with Crippen LogP contribution >= 0.6 is 11.3 Å². The highest BCUT2D eigenvalue weighted by atomic mass is 32.1. The number of nitro groups is 1. The van der Waals surface area contributed by atoms with Crippen molar-refractivity contribution in [3.8, 4) is 0 Å². The topological polar surface area (TPSA) is 98.5 Å². The van der Waals surface area contributed by atoms with Crippen LogP contribution in [0.25, 0.3) is 4.96 Å². The summed E-state index contributed by atoms with van der Waals surface area (Å²) < 4.78 is 1.49. The largest absolute Gasteiger partial charge is 0.372 e. The minimum Gasteiger partial charge on any atom is -0.358 e. The van der Waals surface area contributed by atoms with Gasteiger partial charge in [0, 0.05) is 11.9 Å². The van der Waals surface area contributed by atoms with Gasteiger partial charge < -0.3 is 21.2 Å². The third-order valence-electron chi connectivity index (χ3n) is 3.54.